The van der Waals surface area contributed by atoms with E-state index in [2.05, 4.69) is 5.32 Å². The van der Waals surface area contributed by atoms with Gasteiger partial charge in [0.2, 0.25) is 0 Å². The van der Waals surface area contributed by atoms with Crippen LogP contribution in [0, 0.1) is 0 Å². The Morgan fingerprint density at radius 2 is 1.58 bits per heavy atom. The predicted octanol–water partition coefficient (Wildman–Crippen LogP) is 4.37. The van der Waals surface area contributed by atoms with Crippen molar-refractivity contribution in [1.82, 2.24) is 5.32 Å². The number of aliphatic carboxylic acids is 1. The standard InChI is InChI=1S/C24H20ClNO5/c25-15-7-5-6-14(12-15)21(22(27)23(28)29)26-24(30)31-13-20-18-10-3-1-8-16(18)17-9-2-4-11-19(17)20/h1-12,20-22,27H,13H2,(H,26,30)(H,28,29)/t21-,22-/m0/s1. The van der Waals surface area contributed by atoms with Gasteiger partial charge in [0.1, 0.15) is 6.61 Å². The average Bonchev–Trinajstić information content (AvgIpc) is 3.09. The van der Waals surface area contributed by atoms with Gasteiger partial charge < -0.3 is 20.3 Å². The number of aliphatic hydroxyl groups is 1. The zero-order valence-electron chi connectivity index (χ0n) is 16.4. The van der Waals surface area contributed by atoms with Crippen molar-refractivity contribution >= 4 is 23.7 Å². The Kier molecular flexibility index (Phi) is 5.93. The molecular weight excluding hydrogens is 418 g/mol. The smallest absolute Gasteiger partial charge is 0.407 e. The Morgan fingerprint density at radius 3 is 2.16 bits per heavy atom. The lowest BCUT2D eigenvalue weighted by atomic mass is 9.98. The number of fused-ring (bicyclic) bond motifs is 3. The van der Waals surface area contributed by atoms with Crippen molar-refractivity contribution in [2.75, 3.05) is 6.61 Å². The van der Waals surface area contributed by atoms with E-state index >= 15 is 0 Å². The summed E-state index contributed by atoms with van der Waals surface area (Å²) in [7, 11) is 0. The first-order valence-corrected chi connectivity index (χ1v) is 10.1. The maximum absolute atomic E-state index is 12.5. The summed E-state index contributed by atoms with van der Waals surface area (Å²) in [5.41, 5.74) is 4.69. The van der Waals surface area contributed by atoms with E-state index in [1.807, 2.05) is 48.5 Å². The normalized spacial score (nSPS) is 14.3. The number of ether oxygens (including phenoxy) is 1. The minimum atomic E-state index is -1.86. The van der Waals surface area contributed by atoms with Crippen LogP contribution >= 0.6 is 11.6 Å². The van der Waals surface area contributed by atoms with Gasteiger partial charge >= 0.3 is 12.1 Å². The van der Waals surface area contributed by atoms with Crippen LogP contribution in [0.15, 0.2) is 72.8 Å². The number of hydrogen-bond donors (Lipinski definition) is 3. The van der Waals surface area contributed by atoms with E-state index in [1.54, 1.807) is 18.2 Å². The number of carbonyl (C=O) groups is 2. The molecule has 0 aromatic heterocycles. The number of alkyl carbamates (subject to hydrolysis) is 1. The van der Waals surface area contributed by atoms with E-state index in [0.717, 1.165) is 22.3 Å². The molecule has 3 aromatic carbocycles. The lowest BCUT2D eigenvalue weighted by Crippen LogP contribution is -2.40. The van der Waals surface area contributed by atoms with Gasteiger partial charge in [-0.3, -0.25) is 0 Å². The zero-order valence-corrected chi connectivity index (χ0v) is 17.1. The highest BCUT2D eigenvalue weighted by Crippen LogP contribution is 2.44. The van der Waals surface area contributed by atoms with E-state index in [1.165, 1.54) is 6.07 Å². The molecule has 0 fully saturated rings. The molecule has 2 atom stereocenters. The number of hydrogen-bond acceptors (Lipinski definition) is 4. The van der Waals surface area contributed by atoms with Crippen molar-refractivity contribution in [1.29, 1.82) is 0 Å². The van der Waals surface area contributed by atoms with Crippen molar-refractivity contribution in [3.05, 3.63) is 94.5 Å². The number of halogens is 1. The summed E-state index contributed by atoms with van der Waals surface area (Å²) >= 11 is 5.98. The summed E-state index contributed by atoms with van der Waals surface area (Å²) in [6, 6.07) is 21.0. The number of carbonyl (C=O) groups excluding carboxylic acids is 1. The van der Waals surface area contributed by atoms with Crippen LogP contribution in [0.1, 0.15) is 28.7 Å². The van der Waals surface area contributed by atoms with Gasteiger partial charge in [-0.2, -0.15) is 0 Å². The molecule has 0 aliphatic heterocycles. The van der Waals surface area contributed by atoms with Crippen LogP contribution in [0.3, 0.4) is 0 Å². The molecule has 0 radical (unpaired) electrons. The van der Waals surface area contributed by atoms with E-state index in [-0.39, 0.29) is 12.5 Å². The summed E-state index contributed by atoms with van der Waals surface area (Å²) in [4.78, 5) is 23.9. The Labute approximate surface area is 184 Å². The van der Waals surface area contributed by atoms with Gasteiger partial charge in [0.15, 0.2) is 6.10 Å². The number of aliphatic hydroxyl groups excluding tert-OH is 1. The van der Waals surface area contributed by atoms with Crippen molar-refractivity contribution in [3.8, 4) is 11.1 Å². The molecular formula is C24H20ClNO5. The molecule has 0 saturated heterocycles. The van der Waals surface area contributed by atoms with Crippen LogP contribution in [0.2, 0.25) is 5.02 Å². The molecule has 3 N–H and O–H groups in total. The molecule has 1 amide bonds. The van der Waals surface area contributed by atoms with Gasteiger partial charge in [-0.15, -0.1) is 0 Å². The van der Waals surface area contributed by atoms with E-state index < -0.39 is 24.2 Å². The fourth-order valence-corrected chi connectivity index (χ4v) is 4.15. The Hall–Kier alpha value is -3.35. The summed E-state index contributed by atoms with van der Waals surface area (Å²) in [5, 5.41) is 22.2. The Bertz CT molecular complexity index is 1090. The maximum atomic E-state index is 12.5. The highest BCUT2D eigenvalue weighted by molar-refractivity contribution is 6.30. The molecule has 31 heavy (non-hydrogen) atoms. The number of rotatable bonds is 6. The number of nitrogens with one attached hydrogen (secondary N) is 1. The van der Waals surface area contributed by atoms with Crippen LogP contribution in [-0.4, -0.2) is 35.0 Å². The number of amides is 1. The van der Waals surface area contributed by atoms with Crippen LogP contribution < -0.4 is 5.32 Å². The van der Waals surface area contributed by atoms with Crippen LogP contribution in [-0.2, 0) is 9.53 Å². The minimum absolute atomic E-state index is 0.0747. The van der Waals surface area contributed by atoms with Crippen molar-refractivity contribution in [2.45, 2.75) is 18.1 Å². The third-order valence-corrected chi connectivity index (χ3v) is 5.63. The summed E-state index contributed by atoms with van der Waals surface area (Å²) in [5.74, 6) is -1.60. The second-order valence-corrected chi connectivity index (χ2v) is 7.72. The van der Waals surface area contributed by atoms with Crippen molar-refractivity contribution in [2.24, 2.45) is 0 Å². The number of carboxylic acids is 1. The molecule has 0 spiro atoms. The summed E-state index contributed by atoms with van der Waals surface area (Å²) in [6.07, 6.45) is -2.69. The van der Waals surface area contributed by atoms with E-state index in [9.17, 15) is 19.8 Å². The minimum Gasteiger partial charge on any atom is -0.479 e. The SMILES string of the molecule is O=C(N[C@@H](c1cccc(Cl)c1)[C@H](O)C(=O)O)OCC1c2ccccc2-c2ccccc21. The average molecular weight is 438 g/mol. The maximum Gasteiger partial charge on any atom is 0.407 e. The molecule has 6 nitrogen and oxygen atoms in total. The van der Waals surface area contributed by atoms with Crippen molar-refractivity contribution in [3.63, 3.8) is 0 Å². The number of carboxylic acid groups (broad SMARTS) is 1. The zero-order chi connectivity index (χ0) is 22.0. The molecule has 1 aliphatic rings. The van der Waals surface area contributed by atoms with Gasteiger partial charge in [0, 0.05) is 10.9 Å². The first-order valence-electron chi connectivity index (χ1n) is 9.73. The Morgan fingerprint density at radius 1 is 0.968 bits per heavy atom. The molecule has 0 saturated carbocycles. The molecule has 0 heterocycles. The fourth-order valence-electron chi connectivity index (χ4n) is 3.95. The Balaban J connectivity index is 1.51. The van der Waals surface area contributed by atoms with Gasteiger partial charge in [-0.05, 0) is 39.9 Å². The topological polar surface area (TPSA) is 95.9 Å². The third kappa shape index (κ3) is 4.26. The third-order valence-electron chi connectivity index (χ3n) is 5.39. The molecule has 158 valence electrons. The molecule has 0 bridgehead atoms. The largest absolute Gasteiger partial charge is 0.479 e. The van der Waals surface area contributed by atoms with Crippen LogP contribution in [0.5, 0.6) is 0 Å². The quantitative estimate of drug-likeness (QED) is 0.532. The highest BCUT2D eigenvalue weighted by Gasteiger charge is 2.32. The monoisotopic (exact) mass is 437 g/mol. The molecule has 3 aromatic rings. The first-order chi connectivity index (χ1) is 15.0. The lowest BCUT2D eigenvalue weighted by Gasteiger charge is -2.22. The van der Waals surface area contributed by atoms with E-state index in [0.29, 0.717) is 10.6 Å². The second-order valence-electron chi connectivity index (χ2n) is 7.29. The summed E-state index contributed by atoms with van der Waals surface area (Å²) in [6.45, 7) is 0.0747. The fraction of sp³-hybridized carbons (Fsp3) is 0.167. The number of benzene rings is 3. The lowest BCUT2D eigenvalue weighted by molar-refractivity contribution is -0.148. The summed E-state index contributed by atoms with van der Waals surface area (Å²) < 4.78 is 5.46. The molecule has 1 aliphatic carbocycles. The first kappa shape index (κ1) is 20.9. The van der Waals surface area contributed by atoms with Gasteiger partial charge in [0.05, 0.1) is 6.04 Å². The molecule has 0 unspecified atom stereocenters. The van der Waals surface area contributed by atoms with Crippen LogP contribution in [0.4, 0.5) is 4.79 Å². The van der Waals surface area contributed by atoms with Crippen LogP contribution in [0.25, 0.3) is 11.1 Å². The van der Waals surface area contributed by atoms with E-state index in [4.69, 9.17) is 16.3 Å². The predicted molar refractivity (Wildman–Crippen MR) is 116 cm³/mol. The van der Waals surface area contributed by atoms with Gasteiger partial charge in [-0.25, -0.2) is 9.59 Å². The van der Waals surface area contributed by atoms with Gasteiger partial charge in [-0.1, -0.05) is 72.3 Å². The van der Waals surface area contributed by atoms with Crippen molar-refractivity contribution < 1.29 is 24.5 Å². The molecule has 4 rings (SSSR count). The highest BCUT2D eigenvalue weighted by atomic mass is 35.5. The second kappa shape index (κ2) is 8.79. The molecule has 7 heteroatoms. The van der Waals surface area contributed by atoms with Gasteiger partial charge in [0.25, 0.3) is 0 Å².